The highest BCUT2D eigenvalue weighted by Crippen LogP contribution is 2.17. The number of hydrogen-bond acceptors (Lipinski definition) is 3. The molecule has 6 heteroatoms. The fourth-order valence-electron chi connectivity index (χ4n) is 1.93. The van der Waals surface area contributed by atoms with Gasteiger partial charge in [0.25, 0.3) is 0 Å². The van der Waals surface area contributed by atoms with E-state index >= 15 is 0 Å². The molecule has 0 aromatic rings. The largest absolute Gasteiger partial charge is 0.480 e. The van der Waals surface area contributed by atoms with Gasteiger partial charge >= 0.3 is 12.0 Å². The molecule has 1 heterocycles. The Labute approximate surface area is 112 Å². The summed E-state index contributed by atoms with van der Waals surface area (Å²) >= 11 is 1.90. The molecule has 0 aromatic heterocycles. The van der Waals surface area contributed by atoms with Crippen molar-refractivity contribution in [2.75, 3.05) is 24.6 Å². The van der Waals surface area contributed by atoms with Crippen LogP contribution >= 0.6 is 11.8 Å². The highest BCUT2D eigenvalue weighted by molar-refractivity contribution is 7.99. The predicted molar refractivity (Wildman–Crippen MR) is 72.9 cm³/mol. The molecule has 0 unspecified atom stereocenters. The second-order valence-corrected chi connectivity index (χ2v) is 6.23. The molecule has 0 radical (unpaired) electrons. The number of carboxylic acid groups (broad SMARTS) is 1. The van der Waals surface area contributed by atoms with Crippen molar-refractivity contribution in [2.45, 2.75) is 32.7 Å². The summed E-state index contributed by atoms with van der Waals surface area (Å²) in [5, 5.41) is 11.8. The van der Waals surface area contributed by atoms with E-state index in [1.54, 1.807) is 0 Å². The van der Waals surface area contributed by atoms with Gasteiger partial charge < -0.3 is 15.3 Å². The second-order valence-electron chi connectivity index (χ2n) is 5.00. The Morgan fingerprint density at radius 2 is 2.00 bits per heavy atom. The van der Waals surface area contributed by atoms with Crippen molar-refractivity contribution < 1.29 is 14.7 Å². The summed E-state index contributed by atoms with van der Waals surface area (Å²) in [6, 6.07) is -0.0507. The third-order valence-corrected chi connectivity index (χ3v) is 3.80. The van der Waals surface area contributed by atoms with Crippen LogP contribution in [0.5, 0.6) is 0 Å². The molecule has 1 aliphatic heterocycles. The van der Waals surface area contributed by atoms with Gasteiger partial charge in [0.15, 0.2) is 0 Å². The van der Waals surface area contributed by atoms with Crippen LogP contribution in [0.4, 0.5) is 4.79 Å². The smallest absolute Gasteiger partial charge is 0.323 e. The van der Waals surface area contributed by atoms with Crippen LogP contribution in [0.25, 0.3) is 0 Å². The highest BCUT2D eigenvalue weighted by atomic mass is 32.2. The highest BCUT2D eigenvalue weighted by Gasteiger charge is 2.22. The summed E-state index contributed by atoms with van der Waals surface area (Å²) in [4.78, 5) is 24.2. The Morgan fingerprint density at radius 3 is 2.50 bits per heavy atom. The summed E-state index contributed by atoms with van der Waals surface area (Å²) in [5.74, 6) is 1.42. The minimum Gasteiger partial charge on any atom is -0.480 e. The first-order chi connectivity index (χ1) is 8.49. The summed E-state index contributed by atoms with van der Waals surface area (Å²) in [7, 11) is 0. The van der Waals surface area contributed by atoms with E-state index in [0.29, 0.717) is 6.54 Å². The van der Waals surface area contributed by atoms with Crippen LogP contribution in [0.1, 0.15) is 26.7 Å². The number of amides is 2. The van der Waals surface area contributed by atoms with Gasteiger partial charge in [0.1, 0.15) is 6.54 Å². The predicted octanol–water partition coefficient (Wildman–Crippen LogP) is 1.63. The Morgan fingerprint density at radius 1 is 1.39 bits per heavy atom. The SMILES string of the molecule is CC(C)CN(CC(=O)O)C(=O)NC1CCSCC1. The van der Waals surface area contributed by atoms with E-state index in [1.807, 2.05) is 25.6 Å². The minimum absolute atomic E-state index is 0.196. The van der Waals surface area contributed by atoms with Crippen molar-refractivity contribution in [1.82, 2.24) is 10.2 Å². The van der Waals surface area contributed by atoms with Crippen LogP contribution in [-0.4, -0.2) is 52.6 Å². The number of carboxylic acids is 1. The van der Waals surface area contributed by atoms with Crippen LogP contribution in [0, 0.1) is 5.92 Å². The van der Waals surface area contributed by atoms with Gasteiger partial charge in [-0.2, -0.15) is 11.8 Å². The molecule has 1 saturated heterocycles. The molecular formula is C12H22N2O3S. The lowest BCUT2D eigenvalue weighted by atomic mass is 10.1. The number of nitrogens with zero attached hydrogens (tertiary/aromatic N) is 1. The molecule has 5 nitrogen and oxygen atoms in total. The molecule has 0 bridgehead atoms. The Hall–Kier alpha value is -0.910. The lowest BCUT2D eigenvalue weighted by molar-refractivity contribution is -0.137. The van der Waals surface area contributed by atoms with Crippen LogP contribution in [0.2, 0.25) is 0 Å². The van der Waals surface area contributed by atoms with E-state index in [-0.39, 0.29) is 24.5 Å². The van der Waals surface area contributed by atoms with Gasteiger partial charge in [-0.05, 0) is 30.3 Å². The molecule has 0 atom stereocenters. The average Bonchev–Trinajstić information content (AvgIpc) is 2.28. The number of aliphatic carboxylic acids is 1. The number of urea groups is 1. The molecule has 104 valence electrons. The van der Waals surface area contributed by atoms with E-state index in [4.69, 9.17) is 5.11 Å². The third-order valence-electron chi connectivity index (χ3n) is 2.75. The van der Waals surface area contributed by atoms with Gasteiger partial charge in [-0.1, -0.05) is 13.8 Å². The molecule has 18 heavy (non-hydrogen) atoms. The van der Waals surface area contributed by atoms with Gasteiger partial charge in [0, 0.05) is 12.6 Å². The fraction of sp³-hybridized carbons (Fsp3) is 0.833. The number of rotatable bonds is 5. The van der Waals surface area contributed by atoms with Crippen LogP contribution < -0.4 is 5.32 Å². The molecule has 0 aromatic carbocycles. The van der Waals surface area contributed by atoms with Gasteiger partial charge in [-0.25, -0.2) is 4.79 Å². The average molecular weight is 274 g/mol. The van der Waals surface area contributed by atoms with Gasteiger partial charge in [0.2, 0.25) is 0 Å². The minimum atomic E-state index is -0.968. The maximum Gasteiger partial charge on any atom is 0.323 e. The van der Waals surface area contributed by atoms with Gasteiger partial charge in [0.05, 0.1) is 0 Å². The maximum atomic E-state index is 12.0. The van der Waals surface area contributed by atoms with Crippen molar-refractivity contribution in [3.8, 4) is 0 Å². The number of hydrogen-bond donors (Lipinski definition) is 2. The van der Waals surface area contributed by atoms with Crippen molar-refractivity contribution in [1.29, 1.82) is 0 Å². The number of carbonyl (C=O) groups excluding carboxylic acids is 1. The zero-order valence-corrected chi connectivity index (χ0v) is 11.8. The van der Waals surface area contributed by atoms with E-state index in [0.717, 1.165) is 24.3 Å². The maximum absolute atomic E-state index is 12.0. The molecule has 0 saturated carbocycles. The number of nitrogens with one attached hydrogen (secondary N) is 1. The summed E-state index contributed by atoms with van der Waals surface area (Å²) < 4.78 is 0. The summed E-state index contributed by atoms with van der Waals surface area (Å²) in [6.45, 7) is 4.18. The van der Waals surface area contributed by atoms with Crippen LogP contribution in [0.15, 0.2) is 0 Å². The zero-order chi connectivity index (χ0) is 13.5. The summed E-state index contributed by atoms with van der Waals surface area (Å²) in [6.07, 6.45) is 1.94. The van der Waals surface area contributed by atoms with Crippen molar-refractivity contribution in [2.24, 2.45) is 5.92 Å². The first-order valence-corrected chi connectivity index (χ1v) is 7.49. The molecule has 2 amide bonds. The first-order valence-electron chi connectivity index (χ1n) is 6.34. The van der Waals surface area contributed by atoms with Crippen LogP contribution in [0.3, 0.4) is 0 Å². The Balaban J connectivity index is 2.48. The standard InChI is InChI=1S/C12H22N2O3S/c1-9(2)7-14(8-11(15)16)12(17)13-10-3-5-18-6-4-10/h9-10H,3-8H2,1-2H3,(H,13,17)(H,15,16). The molecule has 2 N–H and O–H groups in total. The van der Waals surface area contributed by atoms with Crippen molar-refractivity contribution in [3.63, 3.8) is 0 Å². The first kappa shape index (κ1) is 15.1. The third kappa shape index (κ3) is 5.62. The van der Waals surface area contributed by atoms with Crippen LogP contribution in [-0.2, 0) is 4.79 Å². The number of thioether (sulfide) groups is 1. The molecule has 1 rings (SSSR count). The normalized spacial score (nSPS) is 16.6. The quantitative estimate of drug-likeness (QED) is 0.799. The van der Waals surface area contributed by atoms with E-state index in [2.05, 4.69) is 5.32 Å². The summed E-state index contributed by atoms with van der Waals surface area (Å²) in [5.41, 5.74) is 0. The second kappa shape index (κ2) is 7.51. The number of carbonyl (C=O) groups is 2. The van der Waals surface area contributed by atoms with E-state index < -0.39 is 5.97 Å². The van der Waals surface area contributed by atoms with E-state index in [9.17, 15) is 9.59 Å². The fourth-order valence-corrected chi connectivity index (χ4v) is 3.04. The zero-order valence-electron chi connectivity index (χ0n) is 11.0. The molecule has 0 aliphatic carbocycles. The molecule has 1 fully saturated rings. The van der Waals surface area contributed by atoms with E-state index in [1.165, 1.54) is 4.90 Å². The lowest BCUT2D eigenvalue weighted by Crippen LogP contribution is -2.48. The van der Waals surface area contributed by atoms with Gasteiger partial charge in [-0.3, -0.25) is 4.79 Å². The van der Waals surface area contributed by atoms with Crippen molar-refractivity contribution >= 4 is 23.8 Å². The van der Waals surface area contributed by atoms with Crippen molar-refractivity contribution in [3.05, 3.63) is 0 Å². The monoisotopic (exact) mass is 274 g/mol. The molecule has 0 spiro atoms. The Kier molecular flexibility index (Phi) is 6.32. The molecule has 1 aliphatic rings. The molecular weight excluding hydrogens is 252 g/mol. The topological polar surface area (TPSA) is 69.6 Å². The lowest BCUT2D eigenvalue weighted by Gasteiger charge is -2.28. The van der Waals surface area contributed by atoms with Gasteiger partial charge in [-0.15, -0.1) is 0 Å². The Bertz CT molecular complexity index is 291.